The molecule has 120 valence electrons. The zero-order valence-electron chi connectivity index (χ0n) is 12.7. The van der Waals surface area contributed by atoms with Gasteiger partial charge in [0.15, 0.2) is 0 Å². The second kappa shape index (κ2) is 5.91. The molecule has 0 aromatic heterocycles. The molecule has 0 saturated heterocycles. The maximum atomic E-state index is 12.1. The maximum Gasteiger partial charge on any atom is 0.328 e. The molecule has 2 fully saturated rings. The minimum absolute atomic E-state index is 0.105. The molecule has 1 aromatic carbocycles. The summed E-state index contributed by atoms with van der Waals surface area (Å²) in [6, 6.07) is 5.79. The van der Waals surface area contributed by atoms with Crippen LogP contribution in [0.4, 0.5) is 4.79 Å². The van der Waals surface area contributed by atoms with E-state index in [1.807, 2.05) is 6.92 Å². The van der Waals surface area contributed by atoms with Gasteiger partial charge < -0.3 is 5.32 Å². The summed E-state index contributed by atoms with van der Waals surface area (Å²) in [6.45, 7) is 2.45. The van der Waals surface area contributed by atoms with Crippen LogP contribution in [0.5, 0.6) is 0 Å². The lowest BCUT2D eigenvalue weighted by Gasteiger charge is -2.21. The van der Waals surface area contributed by atoms with Gasteiger partial charge in [0.2, 0.25) is 0 Å². The monoisotopic (exact) mass is 322 g/mol. The van der Waals surface area contributed by atoms with E-state index in [0.717, 1.165) is 17.9 Å². The van der Waals surface area contributed by atoms with Crippen molar-refractivity contribution in [1.82, 2.24) is 10.0 Å². The Kier molecular flexibility index (Phi) is 4.12. The van der Waals surface area contributed by atoms with Crippen LogP contribution in [0.15, 0.2) is 29.2 Å². The smallest absolute Gasteiger partial charge is 0.328 e. The quantitative estimate of drug-likeness (QED) is 0.894. The Morgan fingerprint density at radius 1 is 1.18 bits per heavy atom. The number of sulfonamides is 1. The largest absolute Gasteiger partial charge is 0.337 e. The molecule has 3 rings (SSSR count). The summed E-state index contributed by atoms with van der Waals surface area (Å²) >= 11 is 0. The van der Waals surface area contributed by atoms with E-state index in [2.05, 4.69) is 10.0 Å². The highest BCUT2D eigenvalue weighted by molar-refractivity contribution is 7.90. The molecule has 2 N–H and O–H groups in total. The van der Waals surface area contributed by atoms with Crippen LogP contribution in [0.1, 0.15) is 31.2 Å². The Morgan fingerprint density at radius 3 is 2.50 bits per heavy atom. The lowest BCUT2D eigenvalue weighted by atomic mass is 9.89. The molecule has 2 saturated carbocycles. The molecule has 0 radical (unpaired) electrons. The molecule has 2 amide bonds. The number of nitrogens with one attached hydrogen (secondary N) is 2. The number of fused-ring (bicyclic) bond motifs is 2. The van der Waals surface area contributed by atoms with Crippen molar-refractivity contribution in [3.8, 4) is 0 Å². The van der Waals surface area contributed by atoms with Gasteiger partial charge in [-0.3, -0.25) is 0 Å². The van der Waals surface area contributed by atoms with E-state index < -0.39 is 16.1 Å². The Bertz CT molecular complexity index is 654. The molecule has 1 aromatic rings. The predicted molar refractivity (Wildman–Crippen MR) is 83.8 cm³/mol. The molecule has 0 heterocycles. The number of amides is 2. The van der Waals surface area contributed by atoms with Crippen molar-refractivity contribution in [1.29, 1.82) is 0 Å². The second-order valence-corrected chi connectivity index (χ2v) is 8.25. The van der Waals surface area contributed by atoms with Crippen molar-refractivity contribution >= 4 is 16.1 Å². The Labute approximate surface area is 131 Å². The second-order valence-electron chi connectivity index (χ2n) is 6.56. The van der Waals surface area contributed by atoms with Gasteiger partial charge in [-0.15, -0.1) is 0 Å². The van der Waals surface area contributed by atoms with E-state index in [1.165, 1.54) is 31.4 Å². The van der Waals surface area contributed by atoms with Crippen LogP contribution in [0, 0.1) is 24.7 Å². The normalized spacial score (nSPS) is 26.9. The predicted octanol–water partition coefficient (Wildman–Crippen LogP) is 2.42. The van der Waals surface area contributed by atoms with Crippen molar-refractivity contribution in [3.63, 3.8) is 0 Å². The maximum absolute atomic E-state index is 12.1. The highest BCUT2D eigenvalue weighted by atomic mass is 32.2. The summed E-state index contributed by atoms with van der Waals surface area (Å²) in [6.07, 6.45) is 5.00. The van der Waals surface area contributed by atoms with E-state index in [4.69, 9.17) is 0 Å². The van der Waals surface area contributed by atoms with Crippen LogP contribution in [0.2, 0.25) is 0 Å². The van der Waals surface area contributed by atoms with Gasteiger partial charge in [-0.2, -0.15) is 0 Å². The number of urea groups is 1. The molecule has 0 spiro atoms. The highest BCUT2D eigenvalue weighted by Crippen LogP contribution is 2.47. The fourth-order valence-corrected chi connectivity index (χ4v) is 4.71. The van der Waals surface area contributed by atoms with Gasteiger partial charge in [0.1, 0.15) is 0 Å². The van der Waals surface area contributed by atoms with E-state index in [1.54, 1.807) is 12.1 Å². The molecular formula is C16H22N2O3S. The van der Waals surface area contributed by atoms with Gasteiger partial charge in [-0.05, 0) is 56.1 Å². The van der Waals surface area contributed by atoms with Gasteiger partial charge in [0.05, 0.1) is 4.90 Å². The van der Waals surface area contributed by atoms with Crippen molar-refractivity contribution in [2.24, 2.45) is 17.8 Å². The number of rotatable bonds is 4. The van der Waals surface area contributed by atoms with E-state index in [-0.39, 0.29) is 4.90 Å². The molecule has 0 aliphatic heterocycles. The van der Waals surface area contributed by atoms with Crippen LogP contribution in [0.3, 0.4) is 0 Å². The van der Waals surface area contributed by atoms with Crippen molar-refractivity contribution in [2.45, 2.75) is 37.5 Å². The number of carbonyl (C=O) groups is 1. The Hall–Kier alpha value is -1.56. The summed E-state index contributed by atoms with van der Waals surface area (Å²) in [5.41, 5.74) is 0.972. The van der Waals surface area contributed by atoms with E-state index in [0.29, 0.717) is 18.4 Å². The Balaban J connectivity index is 1.53. The average Bonchev–Trinajstić information content (AvgIpc) is 3.07. The van der Waals surface area contributed by atoms with Gasteiger partial charge in [0, 0.05) is 6.54 Å². The van der Waals surface area contributed by atoms with Crippen molar-refractivity contribution < 1.29 is 13.2 Å². The fraction of sp³-hybridized carbons (Fsp3) is 0.562. The number of benzene rings is 1. The summed E-state index contributed by atoms with van der Waals surface area (Å²) < 4.78 is 26.3. The first kappa shape index (κ1) is 15.3. The van der Waals surface area contributed by atoms with Gasteiger partial charge >= 0.3 is 6.03 Å². The third-order valence-electron chi connectivity index (χ3n) is 4.97. The molecule has 22 heavy (non-hydrogen) atoms. The molecule has 2 aliphatic rings. The highest BCUT2D eigenvalue weighted by Gasteiger charge is 2.39. The van der Waals surface area contributed by atoms with Gasteiger partial charge in [-0.1, -0.05) is 24.1 Å². The lowest BCUT2D eigenvalue weighted by Crippen LogP contribution is -2.42. The minimum Gasteiger partial charge on any atom is -0.337 e. The summed E-state index contributed by atoms with van der Waals surface area (Å²) in [7, 11) is -3.79. The number of hydrogen-bond donors (Lipinski definition) is 2. The van der Waals surface area contributed by atoms with Crippen molar-refractivity contribution in [2.75, 3.05) is 6.54 Å². The first-order valence-corrected chi connectivity index (χ1v) is 9.29. The number of aryl methyl sites for hydroxylation is 1. The van der Waals surface area contributed by atoms with Crippen LogP contribution in [0.25, 0.3) is 0 Å². The van der Waals surface area contributed by atoms with Crippen molar-refractivity contribution in [3.05, 3.63) is 29.8 Å². The first-order chi connectivity index (χ1) is 10.4. The summed E-state index contributed by atoms with van der Waals surface area (Å²) in [4.78, 5) is 12.0. The average molecular weight is 322 g/mol. The number of hydrogen-bond acceptors (Lipinski definition) is 3. The summed E-state index contributed by atoms with van der Waals surface area (Å²) in [5.74, 6) is 2.03. The SMILES string of the molecule is Cc1ccc(S(=O)(=O)NC(=O)NC[C@H]2C[C@H]3CC[C@H]2C3)cc1. The molecule has 3 atom stereocenters. The molecule has 5 nitrogen and oxygen atoms in total. The first-order valence-electron chi connectivity index (χ1n) is 7.81. The molecular weight excluding hydrogens is 300 g/mol. The fourth-order valence-electron chi connectivity index (χ4n) is 3.78. The number of carbonyl (C=O) groups excluding carboxylic acids is 1. The van der Waals surface area contributed by atoms with Crippen LogP contribution in [-0.4, -0.2) is 21.0 Å². The molecule has 6 heteroatoms. The van der Waals surface area contributed by atoms with Crippen LogP contribution >= 0.6 is 0 Å². The zero-order chi connectivity index (χ0) is 15.7. The summed E-state index contributed by atoms with van der Waals surface area (Å²) in [5, 5.41) is 2.72. The third kappa shape index (κ3) is 3.27. The Morgan fingerprint density at radius 2 is 1.91 bits per heavy atom. The lowest BCUT2D eigenvalue weighted by molar-refractivity contribution is 0.239. The van der Waals surface area contributed by atoms with Gasteiger partial charge in [-0.25, -0.2) is 17.9 Å². The standard InChI is InChI=1S/C16H22N2O3S/c1-11-2-6-15(7-3-11)22(20,21)18-16(19)17-10-14-9-12-4-5-13(14)8-12/h2-3,6-7,12-14H,4-5,8-10H2,1H3,(H2,17,18,19)/t12-,13-,14+/m0/s1. The zero-order valence-corrected chi connectivity index (χ0v) is 13.5. The molecule has 2 aliphatic carbocycles. The molecule has 2 bridgehead atoms. The minimum atomic E-state index is -3.79. The van der Waals surface area contributed by atoms with Gasteiger partial charge in [0.25, 0.3) is 10.0 Å². The van der Waals surface area contributed by atoms with E-state index >= 15 is 0 Å². The third-order valence-corrected chi connectivity index (χ3v) is 6.31. The van der Waals surface area contributed by atoms with Crippen LogP contribution < -0.4 is 10.0 Å². The topological polar surface area (TPSA) is 75.3 Å². The molecule has 0 unspecified atom stereocenters. The van der Waals surface area contributed by atoms with Crippen LogP contribution in [-0.2, 0) is 10.0 Å². The van der Waals surface area contributed by atoms with E-state index in [9.17, 15) is 13.2 Å².